The van der Waals surface area contributed by atoms with Crippen LogP contribution in [0.15, 0.2) is 0 Å². The molecule has 2 heteroatoms. The number of nitrogens with one attached hydrogen (secondary N) is 1. The number of hydrogen-bond donors (Lipinski definition) is 1. The molecular weight excluding hydrogens is 198 g/mol. The molecule has 1 saturated heterocycles. The lowest BCUT2D eigenvalue weighted by Crippen LogP contribution is -2.51. The molecule has 1 aliphatic carbocycles. The Labute approximate surface area is 100 Å². The first-order chi connectivity index (χ1) is 7.67. The van der Waals surface area contributed by atoms with Gasteiger partial charge in [-0.1, -0.05) is 20.8 Å². The van der Waals surface area contributed by atoms with Crippen LogP contribution in [0.1, 0.15) is 52.9 Å². The molecule has 2 fully saturated rings. The summed E-state index contributed by atoms with van der Waals surface area (Å²) in [4.78, 5) is 0. The number of rotatable bonds is 4. The highest BCUT2D eigenvalue weighted by Gasteiger charge is 2.44. The van der Waals surface area contributed by atoms with E-state index in [9.17, 15) is 0 Å². The van der Waals surface area contributed by atoms with Gasteiger partial charge in [0.25, 0.3) is 0 Å². The van der Waals surface area contributed by atoms with Gasteiger partial charge in [0.05, 0.1) is 5.60 Å². The van der Waals surface area contributed by atoms with Crippen molar-refractivity contribution in [3.05, 3.63) is 0 Å². The Morgan fingerprint density at radius 1 is 1.38 bits per heavy atom. The quantitative estimate of drug-likeness (QED) is 0.794. The van der Waals surface area contributed by atoms with Crippen LogP contribution in [-0.4, -0.2) is 24.8 Å². The first-order valence-electron chi connectivity index (χ1n) is 7.04. The van der Waals surface area contributed by atoms with Crippen molar-refractivity contribution in [2.24, 2.45) is 11.8 Å². The molecule has 0 aromatic heterocycles. The molecule has 1 N–H and O–H groups in total. The van der Waals surface area contributed by atoms with E-state index >= 15 is 0 Å². The highest BCUT2D eigenvalue weighted by molar-refractivity contribution is 4.97. The summed E-state index contributed by atoms with van der Waals surface area (Å²) in [5.41, 5.74) is 0.297. The highest BCUT2D eigenvalue weighted by atomic mass is 16.5. The van der Waals surface area contributed by atoms with E-state index in [0.717, 1.165) is 25.0 Å². The van der Waals surface area contributed by atoms with E-state index in [0.29, 0.717) is 11.6 Å². The molecule has 1 spiro atoms. The maximum Gasteiger partial charge on any atom is 0.0685 e. The van der Waals surface area contributed by atoms with Crippen LogP contribution in [0, 0.1) is 11.8 Å². The SMILES string of the molecule is CCNC(C(C)C)C1CCOC2(CCC2)C1. The van der Waals surface area contributed by atoms with Crippen LogP contribution in [0.2, 0.25) is 0 Å². The summed E-state index contributed by atoms with van der Waals surface area (Å²) in [5, 5.41) is 3.68. The van der Waals surface area contributed by atoms with Crippen molar-refractivity contribution in [1.82, 2.24) is 5.32 Å². The fourth-order valence-corrected chi connectivity index (χ4v) is 3.47. The minimum Gasteiger partial charge on any atom is -0.375 e. The van der Waals surface area contributed by atoms with Crippen molar-refractivity contribution >= 4 is 0 Å². The minimum atomic E-state index is 0.297. The van der Waals surface area contributed by atoms with E-state index in [4.69, 9.17) is 4.74 Å². The summed E-state index contributed by atoms with van der Waals surface area (Å²) < 4.78 is 6.01. The molecule has 0 amide bonds. The molecule has 2 rings (SSSR count). The second-order valence-corrected chi connectivity index (χ2v) is 5.97. The largest absolute Gasteiger partial charge is 0.375 e. The minimum absolute atomic E-state index is 0.297. The van der Waals surface area contributed by atoms with Crippen LogP contribution in [0.25, 0.3) is 0 Å². The van der Waals surface area contributed by atoms with Crippen molar-refractivity contribution in [1.29, 1.82) is 0 Å². The highest BCUT2D eigenvalue weighted by Crippen LogP contribution is 2.45. The van der Waals surface area contributed by atoms with Gasteiger partial charge in [0.1, 0.15) is 0 Å². The zero-order chi connectivity index (χ0) is 11.6. The lowest BCUT2D eigenvalue weighted by Gasteiger charge is -2.49. The smallest absolute Gasteiger partial charge is 0.0685 e. The Kier molecular flexibility index (Phi) is 3.91. The summed E-state index contributed by atoms with van der Waals surface area (Å²) in [7, 11) is 0. The first-order valence-corrected chi connectivity index (χ1v) is 7.04. The molecule has 94 valence electrons. The average Bonchev–Trinajstić information content (AvgIpc) is 2.23. The zero-order valence-corrected chi connectivity index (χ0v) is 11.1. The van der Waals surface area contributed by atoms with Crippen molar-refractivity contribution < 1.29 is 4.74 Å². The molecule has 0 aromatic rings. The van der Waals surface area contributed by atoms with Gasteiger partial charge in [-0.15, -0.1) is 0 Å². The monoisotopic (exact) mass is 225 g/mol. The maximum atomic E-state index is 6.01. The Hall–Kier alpha value is -0.0800. The standard InChI is InChI=1S/C14H27NO/c1-4-15-13(11(2)3)12-6-9-16-14(10-12)7-5-8-14/h11-13,15H,4-10H2,1-3H3. The molecule has 0 aromatic carbocycles. The molecule has 2 nitrogen and oxygen atoms in total. The molecule has 0 bridgehead atoms. The van der Waals surface area contributed by atoms with Gasteiger partial charge >= 0.3 is 0 Å². The van der Waals surface area contributed by atoms with Gasteiger partial charge in [-0.3, -0.25) is 0 Å². The Morgan fingerprint density at radius 3 is 2.62 bits per heavy atom. The number of ether oxygens (including phenoxy) is 1. The third-order valence-electron chi connectivity index (χ3n) is 4.46. The molecule has 1 heterocycles. The first kappa shape index (κ1) is 12.4. The second kappa shape index (κ2) is 5.05. The number of hydrogen-bond acceptors (Lipinski definition) is 2. The Bertz CT molecular complexity index is 223. The van der Waals surface area contributed by atoms with Gasteiger partial charge in [0.15, 0.2) is 0 Å². The normalized spacial score (nSPS) is 30.4. The van der Waals surface area contributed by atoms with E-state index < -0.39 is 0 Å². The van der Waals surface area contributed by atoms with Gasteiger partial charge in [-0.25, -0.2) is 0 Å². The van der Waals surface area contributed by atoms with Crippen LogP contribution >= 0.6 is 0 Å². The van der Waals surface area contributed by atoms with Crippen LogP contribution in [0.4, 0.5) is 0 Å². The van der Waals surface area contributed by atoms with E-state index in [-0.39, 0.29) is 0 Å². The fraction of sp³-hybridized carbons (Fsp3) is 1.00. The summed E-state index contributed by atoms with van der Waals surface area (Å²) in [6, 6.07) is 0.686. The summed E-state index contributed by atoms with van der Waals surface area (Å²) >= 11 is 0. The average molecular weight is 225 g/mol. The molecule has 16 heavy (non-hydrogen) atoms. The van der Waals surface area contributed by atoms with Gasteiger partial charge in [-0.05, 0) is 50.5 Å². The molecule has 1 saturated carbocycles. The van der Waals surface area contributed by atoms with Crippen LogP contribution in [0.3, 0.4) is 0 Å². The molecular formula is C14H27NO. The van der Waals surface area contributed by atoms with Crippen molar-refractivity contribution in [3.8, 4) is 0 Å². The van der Waals surface area contributed by atoms with Crippen LogP contribution in [0.5, 0.6) is 0 Å². The van der Waals surface area contributed by atoms with Gasteiger partial charge in [-0.2, -0.15) is 0 Å². The van der Waals surface area contributed by atoms with Gasteiger partial charge in [0, 0.05) is 12.6 Å². The van der Waals surface area contributed by atoms with Crippen molar-refractivity contribution in [3.63, 3.8) is 0 Å². The molecule has 2 unspecified atom stereocenters. The van der Waals surface area contributed by atoms with E-state index in [1.807, 2.05) is 0 Å². The van der Waals surface area contributed by atoms with E-state index in [2.05, 4.69) is 26.1 Å². The third kappa shape index (κ3) is 2.43. The predicted octanol–water partition coefficient (Wildman–Crippen LogP) is 2.97. The second-order valence-electron chi connectivity index (χ2n) is 5.97. The molecule has 2 aliphatic rings. The topological polar surface area (TPSA) is 21.3 Å². The Balaban J connectivity index is 1.95. The Morgan fingerprint density at radius 2 is 2.12 bits per heavy atom. The van der Waals surface area contributed by atoms with E-state index in [1.54, 1.807) is 0 Å². The van der Waals surface area contributed by atoms with Gasteiger partial charge < -0.3 is 10.1 Å². The molecule has 0 radical (unpaired) electrons. The lowest BCUT2D eigenvalue weighted by molar-refractivity contribution is -0.148. The lowest BCUT2D eigenvalue weighted by atomic mass is 9.69. The summed E-state index contributed by atoms with van der Waals surface area (Å²) in [6.07, 6.45) is 6.53. The van der Waals surface area contributed by atoms with Crippen molar-refractivity contribution in [2.75, 3.05) is 13.2 Å². The predicted molar refractivity (Wildman–Crippen MR) is 67.6 cm³/mol. The van der Waals surface area contributed by atoms with Crippen LogP contribution < -0.4 is 5.32 Å². The van der Waals surface area contributed by atoms with Crippen LogP contribution in [-0.2, 0) is 4.74 Å². The molecule has 1 aliphatic heterocycles. The zero-order valence-electron chi connectivity index (χ0n) is 11.1. The van der Waals surface area contributed by atoms with Gasteiger partial charge in [0.2, 0.25) is 0 Å². The molecule has 2 atom stereocenters. The summed E-state index contributed by atoms with van der Waals surface area (Å²) in [6.45, 7) is 8.98. The van der Waals surface area contributed by atoms with E-state index in [1.165, 1.54) is 32.1 Å². The fourth-order valence-electron chi connectivity index (χ4n) is 3.47. The maximum absolute atomic E-state index is 6.01. The summed E-state index contributed by atoms with van der Waals surface area (Å²) in [5.74, 6) is 1.56. The van der Waals surface area contributed by atoms with Crippen molar-refractivity contribution in [2.45, 2.75) is 64.5 Å². The third-order valence-corrected chi connectivity index (χ3v) is 4.46.